The van der Waals surface area contributed by atoms with Gasteiger partial charge in [0.1, 0.15) is 0 Å². The molecule has 3 rings (SSSR count). The van der Waals surface area contributed by atoms with Gasteiger partial charge < -0.3 is 0 Å². The molecule has 25 heavy (non-hydrogen) atoms. The average Bonchev–Trinajstić information content (AvgIpc) is 2.96. The molecule has 3 aliphatic rings. The summed E-state index contributed by atoms with van der Waals surface area (Å²) in [5.41, 5.74) is 0.131. The molecule has 3 fully saturated rings. The van der Waals surface area contributed by atoms with Crippen LogP contribution < -0.4 is 0 Å². The third-order valence-electron chi connectivity index (χ3n) is 7.39. The summed E-state index contributed by atoms with van der Waals surface area (Å²) in [7, 11) is 0. The van der Waals surface area contributed by atoms with Crippen LogP contribution in [0.3, 0.4) is 0 Å². The van der Waals surface area contributed by atoms with Crippen LogP contribution in [0.15, 0.2) is 0 Å². The molecular weight excluding hydrogens is 320 g/mol. The smallest absolute Gasteiger partial charge is 0.209 e. The monoisotopic (exact) mass is 354 g/mol. The Balaban J connectivity index is 0.000000181. The van der Waals surface area contributed by atoms with E-state index in [0.717, 1.165) is 38.0 Å². The lowest BCUT2D eigenvalue weighted by molar-refractivity contribution is -0.507. The van der Waals surface area contributed by atoms with Crippen molar-refractivity contribution in [3.05, 3.63) is 20.2 Å². The number of rotatable bonds is 6. The van der Waals surface area contributed by atoms with Crippen LogP contribution in [0.4, 0.5) is 0 Å². The summed E-state index contributed by atoms with van der Waals surface area (Å²) in [5.74, 6) is 1.52. The van der Waals surface area contributed by atoms with E-state index in [0.29, 0.717) is 5.92 Å². The van der Waals surface area contributed by atoms with E-state index in [9.17, 15) is 20.2 Å². The highest BCUT2D eigenvalue weighted by Gasteiger charge is 2.56. The molecule has 3 saturated carbocycles. The summed E-state index contributed by atoms with van der Waals surface area (Å²) in [6, 6.07) is 0. The number of nitro groups is 2. The fourth-order valence-corrected chi connectivity index (χ4v) is 5.76. The van der Waals surface area contributed by atoms with E-state index in [1.807, 2.05) is 0 Å². The fraction of sp³-hybridized carbons (Fsp3) is 1.00. The zero-order valence-electron chi connectivity index (χ0n) is 15.9. The third kappa shape index (κ3) is 4.70. The Morgan fingerprint density at radius 3 is 2.00 bits per heavy atom. The summed E-state index contributed by atoms with van der Waals surface area (Å²) < 4.78 is 0. The van der Waals surface area contributed by atoms with Gasteiger partial charge in [0.05, 0.1) is 0 Å². The van der Waals surface area contributed by atoms with Crippen LogP contribution in [-0.4, -0.2) is 22.9 Å². The van der Waals surface area contributed by atoms with Gasteiger partial charge >= 0.3 is 0 Å². The first kappa shape index (κ1) is 20.1. The van der Waals surface area contributed by atoms with Crippen molar-refractivity contribution in [2.75, 3.05) is 13.1 Å². The molecule has 0 saturated heterocycles. The minimum absolute atomic E-state index is 0.0434. The number of hydrogen-bond acceptors (Lipinski definition) is 4. The Hall–Kier alpha value is -1.20. The third-order valence-corrected chi connectivity index (χ3v) is 7.39. The molecular formula is C19H34N2O4. The molecule has 0 aromatic rings. The SMILES string of the molecule is CCC1(C[N+](=O)[O-])CC2CCCC21.CCC1(C[N+](=O)[O-])CCCCC1. The Morgan fingerprint density at radius 2 is 1.52 bits per heavy atom. The second-order valence-electron chi connectivity index (χ2n) is 8.61. The molecule has 0 bridgehead atoms. The predicted molar refractivity (Wildman–Crippen MR) is 97.7 cm³/mol. The van der Waals surface area contributed by atoms with E-state index in [4.69, 9.17) is 0 Å². The Kier molecular flexibility index (Phi) is 6.80. The minimum atomic E-state index is -0.144. The molecule has 6 nitrogen and oxygen atoms in total. The van der Waals surface area contributed by atoms with Crippen LogP contribution >= 0.6 is 0 Å². The van der Waals surface area contributed by atoms with Gasteiger partial charge in [0.15, 0.2) is 0 Å². The Morgan fingerprint density at radius 1 is 0.880 bits per heavy atom. The summed E-state index contributed by atoms with van der Waals surface area (Å²) in [6.07, 6.45) is 12.7. The quantitative estimate of drug-likeness (QED) is 0.490. The van der Waals surface area contributed by atoms with E-state index in [-0.39, 0.29) is 33.8 Å². The molecule has 0 N–H and O–H groups in total. The summed E-state index contributed by atoms with van der Waals surface area (Å²) >= 11 is 0. The minimum Gasteiger partial charge on any atom is -0.265 e. The zero-order valence-corrected chi connectivity index (χ0v) is 15.9. The van der Waals surface area contributed by atoms with Crippen molar-refractivity contribution in [2.45, 2.75) is 84.5 Å². The van der Waals surface area contributed by atoms with Crippen LogP contribution in [0.5, 0.6) is 0 Å². The lowest BCUT2D eigenvalue weighted by Gasteiger charge is -2.49. The molecule has 0 aliphatic heterocycles. The molecule has 3 unspecified atom stereocenters. The average molecular weight is 354 g/mol. The molecule has 144 valence electrons. The zero-order chi connectivity index (χ0) is 18.5. The van der Waals surface area contributed by atoms with Crippen molar-refractivity contribution in [3.8, 4) is 0 Å². The lowest BCUT2D eigenvalue weighted by Crippen LogP contribution is -2.49. The molecule has 3 atom stereocenters. The standard InChI is InChI=1S/C10H17NO2.C9H17NO2/c1-2-10(7-11(12)13)6-8-4-3-5-9(8)10;1-2-9(8-10(11)12)6-4-3-5-7-9/h8-9H,2-7H2,1H3;2-8H2,1H3. The van der Waals surface area contributed by atoms with Crippen molar-refractivity contribution in [1.29, 1.82) is 0 Å². The predicted octanol–water partition coefficient (Wildman–Crippen LogP) is 5.10. The molecule has 0 spiro atoms. The Bertz CT molecular complexity index is 476. The second kappa shape index (κ2) is 8.45. The van der Waals surface area contributed by atoms with Crippen LogP contribution in [0, 0.1) is 42.9 Å². The summed E-state index contributed by atoms with van der Waals surface area (Å²) in [5, 5.41) is 21.0. The van der Waals surface area contributed by atoms with Crippen molar-refractivity contribution in [3.63, 3.8) is 0 Å². The van der Waals surface area contributed by atoms with Gasteiger partial charge in [-0.3, -0.25) is 20.2 Å². The molecule has 3 aliphatic carbocycles. The maximum absolute atomic E-state index is 10.6. The second-order valence-corrected chi connectivity index (χ2v) is 8.61. The van der Waals surface area contributed by atoms with Crippen molar-refractivity contribution < 1.29 is 9.85 Å². The van der Waals surface area contributed by atoms with E-state index in [1.54, 1.807) is 0 Å². The highest BCUT2D eigenvalue weighted by molar-refractivity contribution is 5.03. The van der Waals surface area contributed by atoms with Gasteiger partial charge in [0, 0.05) is 20.7 Å². The van der Waals surface area contributed by atoms with E-state index in [2.05, 4.69) is 13.8 Å². The first-order valence-electron chi connectivity index (χ1n) is 10.1. The first-order valence-corrected chi connectivity index (χ1v) is 10.1. The van der Waals surface area contributed by atoms with Gasteiger partial charge in [0.25, 0.3) is 0 Å². The summed E-state index contributed by atoms with van der Waals surface area (Å²) in [6.45, 7) is 4.58. The van der Waals surface area contributed by atoms with Crippen LogP contribution in [-0.2, 0) is 0 Å². The van der Waals surface area contributed by atoms with Gasteiger partial charge in [0.2, 0.25) is 13.1 Å². The topological polar surface area (TPSA) is 86.3 Å². The van der Waals surface area contributed by atoms with E-state index < -0.39 is 0 Å². The normalized spacial score (nSPS) is 32.7. The number of nitrogens with zero attached hydrogens (tertiary/aromatic N) is 2. The van der Waals surface area contributed by atoms with Gasteiger partial charge in [-0.2, -0.15) is 0 Å². The lowest BCUT2D eigenvalue weighted by atomic mass is 9.54. The number of hydrogen-bond donors (Lipinski definition) is 0. The maximum atomic E-state index is 10.6. The van der Waals surface area contributed by atoms with Crippen LogP contribution in [0.1, 0.15) is 84.5 Å². The van der Waals surface area contributed by atoms with Gasteiger partial charge in [-0.25, -0.2) is 0 Å². The molecule has 0 aromatic carbocycles. The van der Waals surface area contributed by atoms with Crippen LogP contribution in [0.2, 0.25) is 0 Å². The van der Waals surface area contributed by atoms with E-state index in [1.165, 1.54) is 38.5 Å². The molecule has 0 aromatic heterocycles. The maximum Gasteiger partial charge on any atom is 0.209 e. The van der Waals surface area contributed by atoms with Crippen molar-refractivity contribution in [1.82, 2.24) is 0 Å². The van der Waals surface area contributed by atoms with Crippen molar-refractivity contribution in [2.24, 2.45) is 22.7 Å². The summed E-state index contributed by atoms with van der Waals surface area (Å²) in [4.78, 5) is 20.7. The largest absolute Gasteiger partial charge is 0.265 e. The molecule has 0 heterocycles. The highest BCUT2D eigenvalue weighted by Crippen LogP contribution is 2.60. The fourth-order valence-electron chi connectivity index (χ4n) is 5.76. The molecule has 6 heteroatoms. The van der Waals surface area contributed by atoms with Gasteiger partial charge in [-0.1, -0.05) is 46.0 Å². The van der Waals surface area contributed by atoms with Crippen LogP contribution in [0.25, 0.3) is 0 Å². The first-order chi connectivity index (χ1) is 11.9. The highest BCUT2D eigenvalue weighted by atomic mass is 16.6. The van der Waals surface area contributed by atoms with Gasteiger partial charge in [-0.15, -0.1) is 0 Å². The molecule has 0 amide bonds. The number of fused-ring (bicyclic) bond motifs is 1. The molecule has 0 radical (unpaired) electrons. The Labute approximate surface area is 151 Å². The van der Waals surface area contributed by atoms with E-state index >= 15 is 0 Å². The van der Waals surface area contributed by atoms with Crippen molar-refractivity contribution >= 4 is 0 Å². The van der Waals surface area contributed by atoms with Gasteiger partial charge in [-0.05, 0) is 50.4 Å².